The molecule has 2 aromatic rings. The van der Waals surface area contributed by atoms with Gasteiger partial charge in [0.1, 0.15) is 4.90 Å². The lowest BCUT2D eigenvalue weighted by Gasteiger charge is -2.20. The number of hydrogen-bond donors (Lipinski definition) is 0. The molecule has 8 heteroatoms. The van der Waals surface area contributed by atoms with Gasteiger partial charge in [-0.3, -0.25) is 9.10 Å². The third kappa shape index (κ3) is 3.70. The zero-order chi connectivity index (χ0) is 19.8. The van der Waals surface area contributed by atoms with Crippen molar-refractivity contribution < 1.29 is 22.7 Å². The second kappa shape index (κ2) is 7.32. The molecule has 0 saturated carbocycles. The Balaban J connectivity index is 1.97. The van der Waals surface area contributed by atoms with Crippen molar-refractivity contribution in [3.05, 3.63) is 58.6 Å². The Kier molecular flexibility index (Phi) is 5.26. The van der Waals surface area contributed by atoms with Gasteiger partial charge >= 0.3 is 5.97 Å². The number of sulfonamides is 1. The van der Waals surface area contributed by atoms with Crippen LogP contribution in [0.2, 0.25) is 5.02 Å². The Morgan fingerprint density at radius 1 is 1.19 bits per heavy atom. The first-order chi connectivity index (χ1) is 12.7. The Morgan fingerprint density at radius 3 is 2.59 bits per heavy atom. The van der Waals surface area contributed by atoms with Crippen molar-refractivity contribution >= 4 is 39.1 Å². The maximum Gasteiger partial charge on any atom is 0.338 e. The van der Waals surface area contributed by atoms with Gasteiger partial charge in [-0.2, -0.15) is 0 Å². The summed E-state index contributed by atoms with van der Waals surface area (Å²) >= 11 is 6.14. The molecule has 2 aromatic carbocycles. The number of carbonyl (C=O) groups excluding carboxylic acids is 2. The molecule has 0 radical (unpaired) electrons. The van der Waals surface area contributed by atoms with Crippen LogP contribution in [0.15, 0.2) is 47.4 Å². The molecule has 0 aromatic heterocycles. The molecular weight excluding hydrogens is 390 g/mol. The summed E-state index contributed by atoms with van der Waals surface area (Å²) in [5, 5.41) is 0.00977. The molecule has 1 atom stereocenters. The molecule has 1 aliphatic heterocycles. The van der Waals surface area contributed by atoms with E-state index in [0.717, 1.165) is 5.56 Å². The number of fused-ring (bicyclic) bond motifs is 1. The van der Waals surface area contributed by atoms with Crippen LogP contribution in [0.4, 0.5) is 5.69 Å². The summed E-state index contributed by atoms with van der Waals surface area (Å²) in [6.45, 7) is 3.06. The lowest BCUT2D eigenvalue weighted by Crippen LogP contribution is -2.29. The largest absolute Gasteiger partial charge is 0.451 e. The summed E-state index contributed by atoms with van der Waals surface area (Å²) in [4.78, 5) is 23.3. The highest BCUT2D eigenvalue weighted by Gasteiger charge is 2.32. The van der Waals surface area contributed by atoms with Crippen molar-refractivity contribution in [3.63, 3.8) is 0 Å². The zero-order valence-corrected chi connectivity index (χ0v) is 16.4. The fourth-order valence-electron chi connectivity index (χ4n) is 2.82. The van der Waals surface area contributed by atoms with Crippen LogP contribution in [0.1, 0.15) is 29.8 Å². The Bertz CT molecular complexity index is 1020. The number of ketones is 1. The van der Waals surface area contributed by atoms with E-state index >= 15 is 0 Å². The predicted octanol–water partition coefficient (Wildman–Crippen LogP) is 3.23. The maximum atomic E-state index is 13.2. The molecular formula is C19H18ClNO5S. The zero-order valence-electron chi connectivity index (χ0n) is 14.8. The monoisotopic (exact) mass is 407 g/mol. The molecule has 0 N–H and O–H groups in total. The second-order valence-electron chi connectivity index (χ2n) is 6.26. The van der Waals surface area contributed by atoms with Crippen LogP contribution in [-0.4, -0.2) is 32.8 Å². The van der Waals surface area contributed by atoms with Gasteiger partial charge < -0.3 is 4.74 Å². The first-order valence-corrected chi connectivity index (χ1v) is 10.1. The maximum absolute atomic E-state index is 13.2. The van der Waals surface area contributed by atoms with Gasteiger partial charge in [0.25, 0.3) is 10.0 Å². The molecule has 0 aliphatic carbocycles. The topological polar surface area (TPSA) is 80.8 Å². The molecule has 0 bridgehead atoms. The summed E-state index contributed by atoms with van der Waals surface area (Å²) < 4.78 is 32.7. The van der Waals surface area contributed by atoms with Gasteiger partial charge in [-0.05, 0) is 50.1 Å². The first kappa shape index (κ1) is 19.4. The quantitative estimate of drug-likeness (QED) is 0.711. The number of hydrogen-bond acceptors (Lipinski definition) is 5. The molecule has 142 valence electrons. The molecule has 0 saturated heterocycles. The van der Waals surface area contributed by atoms with E-state index in [9.17, 15) is 18.0 Å². The second-order valence-corrected chi connectivity index (χ2v) is 8.50. The molecule has 27 heavy (non-hydrogen) atoms. The lowest BCUT2D eigenvalue weighted by molar-refractivity contribution is -0.124. The molecule has 1 aliphatic rings. The van der Waals surface area contributed by atoms with Gasteiger partial charge in [0, 0.05) is 6.54 Å². The van der Waals surface area contributed by atoms with E-state index in [0.29, 0.717) is 18.7 Å². The first-order valence-electron chi connectivity index (χ1n) is 8.33. The van der Waals surface area contributed by atoms with Crippen molar-refractivity contribution in [1.82, 2.24) is 0 Å². The summed E-state index contributed by atoms with van der Waals surface area (Å²) in [6.07, 6.45) is -0.316. The highest BCUT2D eigenvalue weighted by atomic mass is 35.5. The number of carbonyl (C=O) groups is 2. The van der Waals surface area contributed by atoms with Crippen LogP contribution in [0.25, 0.3) is 0 Å². The van der Waals surface area contributed by atoms with Crippen LogP contribution >= 0.6 is 11.6 Å². The van der Waals surface area contributed by atoms with E-state index in [1.165, 1.54) is 36.4 Å². The fourth-order valence-corrected chi connectivity index (χ4v) is 4.82. The van der Waals surface area contributed by atoms with E-state index < -0.39 is 22.1 Å². The Labute approximate surface area is 162 Å². The van der Waals surface area contributed by atoms with Crippen LogP contribution in [-0.2, 0) is 26.0 Å². The van der Waals surface area contributed by atoms with Crippen molar-refractivity contribution in [3.8, 4) is 0 Å². The van der Waals surface area contributed by atoms with Crippen LogP contribution < -0.4 is 4.31 Å². The van der Waals surface area contributed by atoms with E-state index in [4.69, 9.17) is 16.3 Å². The number of ether oxygens (including phenoxy) is 1. The number of esters is 1. The van der Waals surface area contributed by atoms with E-state index in [2.05, 4.69) is 0 Å². The Hall–Kier alpha value is -2.38. The average molecular weight is 408 g/mol. The SMILES string of the molecule is CC(=O)[C@@H](C)OC(=O)c1ccc(Cl)c(S(=O)(=O)N2CCc3ccccc32)c1. The molecule has 6 nitrogen and oxygen atoms in total. The van der Waals surface area contributed by atoms with Crippen LogP contribution in [0.5, 0.6) is 0 Å². The van der Waals surface area contributed by atoms with Gasteiger partial charge in [0.05, 0.1) is 16.3 Å². The number of Topliss-reactive ketones (excluding diaryl/α,β-unsaturated/α-hetero) is 1. The van der Waals surface area contributed by atoms with Gasteiger partial charge in [0.2, 0.25) is 0 Å². The predicted molar refractivity (Wildman–Crippen MR) is 102 cm³/mol. The molecule has 0 spiro atoms. The lowest BCUT2D eigenvalue weighted by atomic mass is 10.2. The highest BCUT2D eigenvalue weighted by Crippen LogP contribution is 2.35. The average Bonchev–Trinajstić information content (AvgIpc) is 3.06. The van der Waals surface area contributed by atoms with E-state index in [1.54, 1.807) is 12.1 Å². The highest BCUT2D eigenvalue weighted by molar-refractivity contribution is 7.93. The van der Waals surface area contributed by atoms with E-state index in [1.807, 2.05) is 12.1 Å². The third-order valence-corrected chi connectivity index (χ3v) is 6.73. The normalized spacial score (nSPS) is 14.6. The van der Waals surface area contributed by atoms with Crippen molar-refractivity contribution in [2.45, 2.75) is 31.3 Å². The van der Waals surface area contributed by atoms with Crippen molar-refractivity contribution in [2.75, 3.05) is 10.8 Å². The van der Waals surface area contributed by atoms with Crippen LogP contribution in [0.3, 0.4) is 0 Å². The molecule has 0 unspecified atom stereocenters. The van der Waals surface area contributed by atoms with Gasteiger partial charge in [-0.25, -0.2) is 13.2 Å². The summed E-state index contributed by atoms with van der Waals surface area (Å²) in [7, 11) is -3.96. The minimum atomic E-state index is -3.96. The number of para-hydroxylation sites is 1. The molecule has 3 rings (SSSR count). The number of nitrogens with zero attached hydrogens (tertiary/aromatic N) is 1. The summed E-state index contributed by atoms with van der Waals surface area (Å²) in [5.41, 5.74) is 1.55. The minimum absolute atomic E-state index is 0.00977. The number of anilines is 1. The van der Waals surface area contributed by atoms with Crippen molar-refractivity contribution in [2.24, 2.45) is 0 Å². The Morgan fingerprint density at radius 2 is 1.89 bits per heavy atom. The van der Waals surface area contributed by atoms with Gasteiger partial charge in [0.15, 0.2) is 11.9 Å². The number of halogens is 1. The van der Waals surface area contributed by atoms with Crippen molar-refractivity contribution in [1.29, 1.82) is 0 Å². The smallest absolute Gasteiger partial charge is 0.338 e. The summed E-state index contributed by atoms with van der Waals surface area (Å²) in [5.74, 6) is -1.09. The minimum Gasteiger partial charge on any atom is -0.451 e. The van der Waals surface area contributed by atoms with E-state index in [-0.39, 0.29) is 21.3 Å². The molecule has 1 heterocycles. The molecule has 0 fully saturated rings. The van der Waals surface area contributed by atoms with Gasteiger partial charge in [-0.15, -0.1) is 0 Å². The number of rotatable bonds is 5. The summed E-state index contributed by atoms with van der Waals surface area (Å²) in [6, 6.07) is 11.1. The van der Waals surface area contributed by atoms with Gasteiger partial charge in [-0.1, -0.05) is 29.8 Å². The molecule has 0 amide bonds. The van der Waals surface area contributed by atoms with Crippen LogP contribution in [0, 0.1) is 0 Å². The number of benzene rings is 2. The fraction of sp³-hybridized carbons (Fsp3) is 0.263. The standard InChI is InChI=1S/C19H18ClNO5S/c1-12(22)13(2)26-19(23)15-7-8-16(20)18(11-15)27(24,25)21-10-9-14-5-3-4-6-17(14)21/h3-8,11,13H,9-10H2,1-2H3/t13-/m1/s1. The third-order valence-electron chi connectivity index (χ3n) is 4.44.